The van der Waals surface area contributed by atoms with E-state index in [2.05, 4.69) is 9.97 Å². The van der Waals surface area contributed by atoms with E-state index < -0.39 is 28.6 Å². The topological polar surface area (TPSA) is 93.4 Å². The molecule has 2 amide bonds. The molecule has 8 nitrogen and oxygen atoms in total. The number of carbonyl (C=O) groups is 2. The normalized spacial score (nSPS) is 19.5. The molecule has 1 unspecified atom stereocenters. The molecule has 1 spiro atoms. The summed E-state index contributed by atoms with van der Waals surface area (Å²) in [6, 6.07) is 5.26. The first-order valence-corrected chi connectivity index (χ1v) is 11.2. The standard InChI is InChI=1S/C24H25F3N6O2/c1-31(2)21(34)19-14-33(17-4-3-16(12-28)18(11-17)24(25,26)27)15-23(19)5-9-32(10-6-23)22(35)20-13-29-7-8-30-20/h3-4,7-8,11,13,19H,5-6,9-10,14-15H2,1-2H3. The second-order valence-corrected chi connectivity index (χ2v) is 9.25. The Morgan fingerprint density at radius 3 is 2.49 bits per heavy atom. The molecule has 11 heteroatoms. The molecule has 1 aromatic heterocycles. The van der Waals surface area contributed by atoms with Crippen LogP contribution in [0.2, 0.25) is 0 Å². The number of halogens is 3. The summed E-state index contributed by atoms with van der Waals surface area (Å²) in [5, 5.41) is 9.11. The average molecular weight is 486 g/mol. The van der Waals surface area contributed by atoms with Crippen LogP contribution in [0.3, 0.4) is 0 Å². The number of alkyl halides is 3. The first-order valence-electron chi connectivity index (χ1n) is 11.2. The van der Waals surface area contributed by atoms with Gasteiger partial charge in [0.15, 0.2) is 0 Å². The van der Waals surface area contributed by atoms with Crippen LogP contribution in [-0.2, 0) is 11.0 Å². The van der Waals surface area contributed by atoms with Crippen LogP contribution in [-0.4, -0.2) is 71.9 Å². The summed E-state index contributed by atoms with van der Waals surface area (Å²) in [6.07, 6.45) is 0.741. The van der Waals surface area contributed by atoms with Gasteiger partial charge < -0.3 is 14.7 Å². The molecule has 2 fully saturated rings. The number of rotatable bonds is 3. The van der Waals surface area contributed by atoms with Crippen LogP contribution in [0.1, 0.15) is 34.5 Å². The minimum absolute atomic E-state index is 0.0918. The Hall–Kier alpha value is -3.68. The largest absolute Gasteiger partial charge is 0.417 e. The number of nitrogens with zero attached hydrogens (tertiary/aromatic N) is 6. The van der Waals surface area contributed by atoms with Gasteiger partial charge in [0, 0.05) is 63.8 Å². The molecule has 2 aliphatic rings. The summed E-state index contributed by atoms with van der Waals surface area (Å²) in [7, 11) is 3.32. The average Bonchev–Trinajstić information content (AvgIpc) is 3.21. The quantitative estimate of drug-likeness (QED) is 0.663. The van der Waals surface area contributed by atoms with Gasteiger partial charge in [0.2, 0.25) is 5.91 Å². The molecule has 0 N–H and O–H groups in total. The summed E-state index contributed by atoms with van der Waals surface area (Å²) in [6.45, 7) is 1.45. The van der Waals surface area contributed by atoms with Crippen molar-refractivity contribution in [1.82, 2.24) is 19.8 Å². The van der Waals surface area contributed by atoms with Gasteiger partial charge >= 0.3 is 6.18 Å². The van der Waals surface area contributed by atoms with Gasteiger partial charge in [0.1, 0.15) is 5.69 Å². The zero-order chi connectivity index (χ0) is 25.4. The van der Waals surface area contributed by atoms with E-state index in [9.17, 15) is 22.8 Å². The molecule has 1 aromatic carbocycles. The van der Waals surface area contributed by atoms with Gasteiger partial charge in [-0.1, -0.05) is 0 Å². The van der Waals surface area contributed by atoms with Crippen molar-refractivity contribution in [3.05, 3.63) is 53.6 Å². The molecule has 184 valence electrons. The van der Waals surface area contributed by atoms with Crippen LogP contribution in [0.4, 0.5) is 18.9 Å². The van der Waals surface area contributed by atoms with E-state index in [1.165, 1.54) is 35.6 Å². The Kier molecular flexibility index (Phi) is 6.40. The van der Waals surface area contributed by atoms with E-state index in [1.54, 1.807) is 30.0 Å². The molecule has 35 heavy (non-hydrogen) atoms. The van der Waals surface area contributed by atoms with Gasteiger partial charge in [-0.15, -0.1) is 0 Å². The van der Waals surface area contributed by atoms with Crippen molar-refractivity contribution in [2.24, 2.45) is 11.3 Å². The van der Waals surface area contributed by atoms with Gasteiger partial charge in [-0.2, -0.15) is 18.4 Å². The number of anilines is 1. The highest BCUT2D eigenvalue weighted by Gasteiger charge is 2.52. The highest BCUT2D eigenvalue weighted by Crippen LogP contribution is 2.47. The number of hydrogen-bond acceptors (Lipinski definition) is 6. The van der Waals surface area contributed by atoms with E-state index >= 15 is 0 Å². The van der Waals surface area contributed by atoms with Crippen molar-refractivity contribution in [1.29, 1.82) is 5.26 Å². The Bertz CT molecular complexity index is 1150. The van der Waals surface area contributed by atoms with Gasteiger partial charge in [-0.3, -0.25) is 14.6 Å². The summed E-state index contributed by atoms with van der Waals surface area (Å²) in [4.78, 5) is 38.9. The Morgan fingerprint density at radius 2 is 1.91 bits per heavy atom. The van der Waals surface area contributed by atoms with Crippen LogP contribution in [0.25, 0.3) is 0 Å². The number of likely N-dealkylation sites (tertiary alicyclic amines) is 1. The van der Waals surface area contributed by atoms with E-state index in [-0.39, 0.29) is 24.1 Å². The molecule has 4 rings (SSSR count). The number of aromatic nitrogens is 2. The van der Waals surface area contributed by atoms with Crippen molar-refractivity contribution in [2.45, 2.75) is 19.0 Å². The monoisotopic (exact) mass is 486 g/mol. The van der Waals surface area contributed by atoms with Gasteiger partial charge in [-0.25, -0.2) is 4.98 Å². The third kappa shape index (κ3) is 4.65. The van der Waals surface area contributed by atoms with Crippen molar-refractivity contribution < 1.29 is 22.8 Å². The van der Waals surface area contributed by atoms with Crippen molar-refractivity contribution in [2.75, 3.05) is 45.2 Å². The Morgan fingerprint density at radius 1 is 1.20 bits per heavy atom. The van der Waals surface area contributed by atoms with Crippen molar-refractivity contribution >= 4 is 17.5 Å². The third-order valence-electron chi connectivity index (χ3n) is 7.01. The first kappa shape index (κ1) is 24.4. The highest BCUT2D eigenvalue weighted by molar-refractivity contribution is 5.92. The minimum atomic E-state index is -4.66. The fraction of sp³-hybridized carbons (Fsp3) is 0.458. The highest BCUT2D eigenvalue weighted by atomic mass is 19.4. The second kappa shape index (κ2) is 9.17. The number of nitriles is 1. The Labute approximate surface area is 201 Å². The lowest BCUT2D eigenvalue weighted by molar-refractivity contribution is -0.138. The van der Waals surface area contributed by atoms with E-state index in [0.29, 0.717) is 38.2 Å². The van der Waals surface area contributed by atoms with Gasteiger partial charge in [-0.05, 0) is 31.0 Å². The molecule has 0 radical (unpaired) electrons. The lowest BCUT2D eigenvalue weighted by atomic mass is 9.70. The molecule has 0 saturated carbocycles. The van der Waals surface area contributed by atoms with Crippen LogP contribution in [0, 0.1) is 22.7 Å². The van der Waals surface area contributed by atoms with E-state index in [0.717, 1.165) is 6.07 Å². The molecule has 2 aliphatic heterocycles. The summed E-state index contributed by atoms with van der Waals surface area (Å²) < 4.78 is 40.6. The van der Waals surface area contributed by atoms with Crippen LogP contribution < -0.4 is 4.90 Å². The summed E-state index contributed by atoms with van der Waals surface area (Å²) >= 11 is 0. The SMILES string of the molecule is CN(C)C(=O)C1CN(c2ccc(C#N)c(C(F)(F)F)c2)CC12CCN(C(=O)c1cnccn1)CC2. The maximum atomic E-state index is 13.5. The molecule has 2 aromatic rings. The molecule has 0 bridgehead atoms. The fourth-order valence-corrected chi connectivity index (χ4v) is 5.11. The van der Waals surface area contributed by atoms with Crippen LogP contribution in [0.15, 0.2) is 36.8 Å². The van der Waals surface area contributed by atoms with Crippen LogP contribution >= 0.6 is 0 Å². The zero-order valence-electron chi connectivity index (χ0n) is 19.4. The van der Waals surface area contributed by atoms with Crippen molar-refractivity contribution in [3.8, 4) is 6.07 Å². The lowest BCUT2D eigenvalue weighted by Gasteiger charge is -2.42. The predicted octanol–water partition coefficient (Wildman–Crippen LogP) is 2.81. The van der Waals surface area contributed by atoms with Gasteiger partial charge in [0.25, 0.3) is 5.91 Å². The first-order chi connectivity index (χ1) is 16.6. The number of benzene rings is 1. The molecular weight excluding hydrogens is 461 g/mol. The molecule has 0 aliphatic carbocycles. The molecular formula is C24H25F3N6O2. The van der Waals surface area contributed by atoms with Crippen molar-refractivity contribution in [3.63, 3.8) is 0 Å². The fourth-order valence-electron chi connectivity index (χ4n) is 5.11. The molecule has 1 atom stereocenters. The lowest BCUT2D eigenvalue weighted by Crippen LogP contribution is -2.49. The van der Waals surface area contributed by atoms with Crippen LogP contribution in [0.5, 0.6) is 0 Å². The summed E-state index contributed by atoms with van der Waals surface area (Å²) in [5.41, 5.74) is -1.35. The minimum Gasteiger partial charge on any atom is -0.370 e. The smallest absolute Gasteiger partial charge is 0.370 e. The predicted molar refractivity (Wildman–Crippen MR) is 120 cm³/mol. The van der Waals surface area contributed by atoms with Gasteiger partial charge in [0.05, 0.1) is 29.3 Å². The third-order valence-corrected chi connectivity index (χ3v) is 7.01. The number of piperidine rings is 1. The molecule has 2 saturated heterocycles. The number of carbonyl (C=O) groups excluding carboxylic acids is 2. The number of amides is 2. The zero-order valence-corrected chi connectivity index (χ0v) is 19.4. The van der Waals surface area contributed by atoms with E-state index in [1.807, 2.05) is 0 Å². The second-order valence-electron chi connectivity index (χ2n) is 9.25. The number of hydrogen-bond donors (Lipinski definition) is 0. The Balaban J connectivity index is 1.60. The van der Waals surface area contributed by atoms with E-state index in [4.69, 9.17) is 5.26 Å². The maximum absolute atomic E-state index is 13.5. The summed E-state index contributed by atoms with van der Waals surface area (Å²) in [5.74, 6) is -0.762. The maximum Gasteiger partial charge on any atom is 0.417 e. The molecule has 3 heterocycles.